The predicted octanol–water partition coefficient (Wildman–Crippen LogP) is 2.81. The van der Waals surface area contributed by atoms with Crippen LogP contribution in [0.25, 0.3) is 0 Å². The van der Waals surface area contributed by atoms with E-state index in [9.17, 15) is 0 Å². The van der Waals surface area contributed by atoms with Gasteiger partial charge in [0.05, 0.1) is 17.9 Å². The first-order chi connectivity index (χ1) is 6.02. The monoisotopic (exact) mass is 251 g/mol. The molecule has 0 fully saturated rings. The molecule has 0 aliphatic heterocycles. The lowest BCUT2D eigenvalue weighted by Gasteiger charge is -2.24. The topological polar surface area (TPSA) is 41.8 Å². The van der Waals surface area contributed by atoms with Crippen LogP contribution in [0, 0.1) is 0 Å². The Bertz CT molecular complexity index is 169. The first-order valence-electron chi connectivity index (χ1n) is 4.39. The number of hydrogen-bond donors (Lipinski definition) is 1. The minimum Gasteiger partial charge on any atom is -0.411 e. The highest BCUT2D eigenvalue weighted by molar-refractivity contribution is 9.09. The van der Waals surface area contributed by atoms with Crippen molar-refractivity contribution in [2.75, 3.05) is 11.9 Å². The van der Waals surface area contributed by atoms with Gasteiger partial charge in [0, 0.05) is 11.8 Å². The highest BCUT2D eigenvalue weighted by Crippen LogP contribution is 2.15. The second-order valence-electron chi connectivity index (χ2n) is 3.63. The lowest BCUT2D eigenvalue weighted by Crippen LogP contribution is -2.26. The summed E-state index contributed by atoms with van der Waals surface area (Å²) >= 11 is 3.38. The largest absolute Gasteiger partial charge is 0.411 e. The number of halogens is 1. The normalized spacial score (nSPS) is 13.4. The minimum absolute atomic E-state index is 0.0980. The van der Waals surface area contributed by atoms with Crippen molar-refractivity contribution in [3.05, 3.63) is 0 Å². The van der Waals surface area contributed by atoms with E-state index in [1.807, 2.05) is 0 Å². The van der Waals surface area contributed by atoms with Gasteiger partial charge >= 0.3 is 0 Å². The summed E-state index contributed by atoms with van der Waals surface area (Å²) in [7, 11) is 0. The van der Waals surface area contributed by atoms with Crippen LogP contribution < -0.4 is 0 Å². The maximum absolute atomic E-state index is 8.39. The number of alkyl halides is 1. The number of oxime groups is 1. The Labute approximate surface area is 88.3 Å². The Balaban J connectivity index is 3.63. The predicted molar refractivity (Wildman–Crippen MR) is 58.0 cm³/mol. The van der Waals surface area contributed by atoms with Crippen molar-refractivity contribution in [3.63, 3.8) is 0 Å². The zero-order valence-electron chi connectivity index (χ0n) is 8.51. The van der Waals surface area contributed by atoms with Crippen LogP contribution in [0.2, 0.25) is 0 Å². The highest BCUT2D eigenvalue weighted by atomic mass is 79.9. The van der Waals surface area contributed by atoms with Crippen molar-refractivity contribution in [1.29, 1.82) is 0 Å². The second kappa shape index (κ2) is 6.38. The summed E-state index contributed by atoms with van der Waals surface area (Å²) in [6.45, 7) is 6.50. The van der Waals surface area contributed by atoms with Crippen LogP contribution in [0.5, 0.6) is 0 Å². The molecular formula is C9H18BrNO2. The Morgan fingerprint density at radius 1 is 1.54 bits per heavy atom. The lowest BCUT2D eigenvalue weighted by atomic mass is 10.1. The number of rotatable bonds is 6. The molecule has 0 aliphatic rings. The Kier molecular flexibility index (Phi) is 6.33. The van der Waals surface area contributed by atoms with E-state index in [4.69, 9.17) is 9.94 Å². The number of ether oxygens (including phenoxy) is 1. The first kappa shape index (κ1) is 12.9. The molecule has 13 heavy (non-hydrogen) atoms. The molecule has 0 rings (SSSR count). The fourth-order valence-electron chi connectivity index (χ4n) is 0.825. The van der Waals surface area contributed by atoms with Crippen LogP contribution in [0.1, 0.15) is 33.6 Å². The average Bonchev–Trinajstić information content (AvgIpc) is 2.03. The number of hydrogen-bond acceptors (Lipinski definition) is 3. The van der Waals surface area contributed by atoms with E-state index in [1.165, 1.54) is 0 Å². The molecule has 0 atom stereocenters. The Morgan fingerprint density at radius 2 is 2.15 bits per heavy atom. The van der Waals surface area contributed by atoms with E-state index in [0.29, 0.717) is 18.7 Å². The van der Waals surface area contributed by atoms with Crippen molar-refractivity contribution in [1.82, 2.24) is 0 Å². The minimum atomic E-state index is -0.0980. The van der Waals surface area contributed by atoms with Gasteiger partial charge in [-0.3, -0.25) is 0 Å². The van der Waals surface area contributed by atoms with Crippen molar-refractivity contribution in [2.45, 2.75) is 39.2 Å². The zero-order chi connectivity index (χ0) is 10.3. The summed E-state index contributed by atoms with van der Waals surface area (Å²) < 4.78 is 5.62. The smallest absolute Gasteiger partial charge is 0.0634 e. The Hall–Kier alpha value is -0.0900. The molecule has 78 valence electrons. The summed E-state index contributed by atoms with van der Waals surface area (Å²) in [5.74, 6) is 0. The third-order valence-electron chi connectivity index (χ3n) is 1.82. The van der Waals surface area contributed by atoms with Crippen molar-refractivity contribution in [3.8, 4) is 0 Å². The second-order valence-corrected chi connectivity index (χ2v) is 4.43. The van der Waals surface area contributed by atoms with Crippen LogP contribution in [-0.2, 0) is 4.74 Å². The van der Waals surface area contributed by atoms with E-state index in [0.717, 1.165) is 11.8 Å². The van der Waals surface area contributed by atoms with E-state index in [-0.39, 0.29) is 5.60 Å². The molecule has 0 aromatic carbocycles. The number of nitrogens with zero attached hydrogens (tertiary/aromatic N) is 1. The molecule has 0 saturated carbocycles. The van der Waals surface area contributed by atoms with Crippen molar-refractivity contribution >= 4 is 21.6 Å². The highest BCUT2D eigenvalue weighted by Gasteiger charge is 2.16. The van der Waals surface area contributed by atoms with Gasteiger partial charge < -0.3 is 9.94 Å². The molecule has 0 radical (unpaired) electrons. The molecule has 0 unspecified atom stereocenters. The molecule has 0 amide bonds. The van der Waals surface area contributed by atoms with Crippen LogP contribution in [0.3, 0.4) is 0 Å². The van der Waals surface area contributed by atoms with Gasteiger partial charge in [-0.05, 0) is 27.2 Å². The molecule has 0 bridgehead atoms. The average molecular weight is 252 g/mol. The summed E-state index contributed by atoms with van der Waals surface area (Å²) in [4.78, 5) is 0. The maximum atomic E-state index is 8.39. The summed E-state index contributed by atoms with van der Waals surface area (Å²) in [6.07, 6.45) is 1.66. The van der Waals surface area contributed by atoms with E-state index >= 15 is 0 Å². The van der Waals surface area contributed by atoms with Crippen LogP contribution in [-0.4, -0.2) is 28.5 Å². The first-order valence-corrected chi connectivity index (χ1v) is 5.51. The van der Waals surface area contributed by atoms with E-state index < -0.39 is 0 Å². The van der Waals surface area contributed by atoms with Gasteiger partial charge in [0.15, 0.2) is 0 Å². The van der Waals surface area contributed by atoms with Gasteiger partial charge in [0.2, 0.25) is 0 Å². The zero-order valence-corrected chi connectivity index (χ0v) is 10.1. The van der Waals surface area contributed by atoms with Gasteiger partial charge in [-0.1, -0.05) is 21.1 Å². The Morgan fingerprint density at radius 3 is 2.62 bits per heavy atom. The van der Waals surface area contributed by atoms with Gasteiger partial charge in [0.1, 0.15) is 0 Å². The van der Waals surface area contributed by atoms with Crippen molar-refractivity contribution < 1.29 is 9.94 Å². The maximum Gasteiger partial charge on any atom is 0.0634 e. The van der Waals surface area contributed by atoms with Crippen LogP contribution >= 0.6 is 15.9 Å². The quantitative estimate of drug-likeness (QED) is 0.342. The SMILES string of the molecule is C/C(CCOC(C)(C)CCBr)=N\O. The molecule has 0 heterocycles. The van der Waals surface area contributed by atoms with Gasteiger partial charge in [-0.25, -0.2) is 0 Å². The molecule has 0 aromatic rings. The van der Waals surface area contributed by atoms with Crippen LogP contribution in [0.15, 0.2) is 5.16 Å². The van der Waals surface area contributed by atoms with Gasteiger partial charge in [-0.15, -0.1) is 0 Å². The summed E-state index contributed by atoms with van der Waals surface area (Å²) in [5.41, 5.74) is 0.605. The third kappa shape index (κ3) is 7.02. The molecule has 3 nitrogen and oxygen atoms in total. The molecule has 0 spiro atoms. The fraction of sp³-hybridized carbons (Fsp3) is 0.889. The van der Waals surface area contributed by atoms with E-state index in [2.05, 4.69) is 34.9 Å². The van der Waals surface area contributed by atoms with Crippen LogP contribution in [0.4, 0.5) is 0 Å². The van der Waals surface area contributed by atoms with Gasteiger partial charge in [0.25, 0.3) is 0 Å². The molecule has 0 aliphatic carbocycles. The fourth-order valence-corrected chi connectivity index (χ4v) is 1.78. The van der Waals surface area contributed by atoms with Gasteiger partial charge in [-0.2, -0.15) is 0 Å². The van der Waals surface area contributed by atoms with E-state index in [1.54, 1.807) is 6.92 Å². The molecular weight excluding hydrogens is 234 g/mol. The third-order valence-corrected chi connectivity index (χ3v) is 2.22. The molecule has 0 saturated heterocycles. The molecule has 1 N–H and O–H groups in total. The lowest BCUT2D eigenvalue weighted by molar-refractivity contribution is -0.0152. The van der Waals surface area contributed by atoms with Crippen molar-refractivity contribution in [2.24, 2.45) is 5.16 Å². The standard InChI is InChI=1S/C9H18BrNO2/c1-8(11-12)4-7-13-9(2,3)5-6-10/h12H,4-7H2,1-3H3/b11-8+. The summed E-state index contributed by atoms with van der Waals surface area (Å²) in [6, 6.07) is 0. The molecule has 4 heteroatoms. The molecule has 0 aromatic heterocycles. The summed E-state index contributed by atoms with van der Waals surface area (Å²) in [5, 5.41) is 12.4.